The lowest BCUT2D eigenvalue weighted by Gasteiger charge is -2.07. The summed E-state index contributed by atoms with van der Waals surface area (Å²) in [6, 6.07) is 12.9. The van der Waals surface area contributed by atoms with Crippen LogP contribution in [-0.4, -0.2) is 4.92 Å². The topological polar surface area (TPSA) is 55.2 Å². The molecule has 0 amide bonds. The number of halogens is 1. The van der Waals surface area contributed by atoms with Crippen molar-refractivity contribution in [3.05, 3.63) is 73.7 Å². The quantitative estimate of drug-likeness (QED) is 0.665. The number of non-ortho nitro benzene ring substituents is 1. The number of hydrogen-bond acceptors (Lipinski definition) is 3. The summed E-state index contributed by atoms with van der Waals surface area (Å²) in [5.74, 6) is 0. The number of nitro benzene ring substituents is 1. The van der Waals surface area contributed by atoms with E-state index in [1.54, 1.807) is 12.1 Å². The molecule has 0 radical (unpaired) electrons. The molecule has 0 atom stereocenters. The Morgan fingerprint density at radius 3 is 2.50 bits per heavy atom. The van der Waals surface area contributed by atoms with Gasteiger partial charge in [-0.25, -0.2) is 0 Å². The molecule has 20 heavy (non-hydrogen) atoms. The van der Waals surface area contributed by atoms with Gasteiger partial charge in [0.15, 0.2) is 0 Å². The summed E-state index contributed by atoms with van der Waals surface area (Å²) in [4.78, 5) is 10.3. The number of hydrogen-bond donors (Lipinski definition) is 1. The molecule has 0 unspecified atom stereocenters. The van der Waals surface area contributed by atoms with E-state index in [0.29, 0.717) is 6.54 Å². The van der Waals surface area contributed by atoms with Crippen LogP contribution < -0.4 is 5.32 Å². The molecule has 4 nitrogen and oxygen atoms in total. The molecule has 0 aliphatic carbocycles. The van der Waals surface area contributed by atoms with Crippen molar-refractivity contribution < 1.29 is 4.92 Å². The maximum absolute atomic E-state index is 10.7. The highest BCUT2D eigenvalue weighted by atomic mass is 79.9. The van der Waals surface area contributed by atoms with E-state index in [0.717, 1.165) is 16.6 Å². The predicted octanol–water partition coefficient (Wildman–Crippen LogP) is 3.96. The number of nitro groups is 1. The zero-order valence-electron chi connectivity index (χ0n) is 11.1. The first-order chi connectivity index (χ1) is 9.56. The van der Waals surface area contributed by atoms with Gasteiger partial charge in [0.25, 0.3) is 5.69 Å². The van der Waals surface area contributed by atoms with Crippen molar-refractivity contribution in [2.24, 2.45) is 0 Å². The van der Waals surface area contributed by atoms with Crippen molar-refractivity contribution >= 4 is 21.6 Å². The van der Waals surface area contributed by atoms with Crippen LogP contribution in [0.1, 0.15) is 16.7 Å². The first kappa shape index (κ1) is 14.7. The second-order valence-corrected chi connectivity index (χ2v) is 5.47. The van der Waals surface area contributed by atoms with Gasteiger partial charge >= 0.3 is 0 Å². The minimum absolute atomic E-state index is 0.129. The summed E-state index contributed by atoms with van der Waals surface area (Å²) in [6.45, 7) is 3.39. The Bertz CT molecular complexity index is 629. The molecule has 0 saturated carbocycles. The van der Waals surface area contributed by atoms with E-state index < -0.39 is 0 Å². The lowest BCUT2D eigenvalue weighted by Crippen LogP contribution is -2.12. The molecule has 0 heterocycles. The Hall–Kier alpha value is -1.72. The van der Waals surface area contributed by atoms with Crippen LogP contribution in [-0.2, 0) is 13.1 Å². The fourth-order valence-corrected chi connectivity index (χ4v) is 2.19. The third-order valence-corrected chi connectivity index (χ3v) is 3.89. The largest absolute Gasteiger partial charge is 0.309 e. The van der Waals surface area contributed by atoms with E-state index >= 15 is 0 Å². The molecule has 5 heteroatoms. The second-order valence-electron chi connectivity index (χ2n) is 4.61. The van der Waals surface area contributed by atoms with Gasteiger partial charge in [0.1, 0.15) is 0 Å². The Morgan fingerprint density at radius 1 is 1.15 bits per heavy atom. The Balaban J connectivity index is 1.94. The lowest BCUT2D eigenvalue weighted by atomic mass is 10.1. The van der Waals surface area contributed by atoms with Crippen LogP contribution >= 0.6 is 15.9 Å². The lowest BCUT2D eigenvalue weighted by molar-refractivity contribution is -0.384. The van der Waals surface area contributed by atoms with E-state index in [2.05, 4.69) is 33.4 Å². The van der Waals surface area contributed by atoms with Crippen LogP contribution in [0.3, 0.4) is 0 Å². The molecule has 0 saturated heterocycles. The van der Waals surface area contributed by atoms with Crippen LogP contribution in [0.25, 0.3) is 0 Å². The molecule has 2 rings (SSSR count). The van der Waals surface area contributed by atoms with Crippen molar-refractivity contribution in [3.63, 3.8) is 0 Å². The van der Waals surface area contributed by atoms with Gasteiger partial charge in [0.05, 0.1) is 4.92 Å². The first-order valence-electron chi connectivity index (χ1n) is 6.25. The van der Waals surface area contributed by atoms with E-state index in [4.69, 9.17) is 0 Å². The van der Waals surface area contributed by atoms with Gasteiger partial charge in [-0.1, -0.05) is 40.2 Å². The summed E-state index contributed by atoms with van der Waals surface area (Å²) >= 11 is 3.47. The molecule has 0 spiro atoms. The smallest absolute Gasteiger partial charge is 0.269 e. The van der Waals surface area contributed by atoms with Gasteiger partial charge in [-0.2, -0.15) is 0 Å². The number of rotatable bonds is 5. The summed E-state index contributed by atoms with van der Waals surface area (Å²) in [7, 11) is 0. The Labute approximate surface area is 126 Å². The average Bonchev–Trinajstić information content (AvgIpc) is 2.43. The van der Waals surface area contributed by atoms with E-state index in [-0.39, 0.29) is 10.6 Å². The van der Waals surface area contributed by atoms with Crippen molar-refractivity contribution in [3.8, 4) is 0 Å². The van der Waals surface area contributed by atoms with Crippen LogP contribution in [0.5, 0.6) is 0 Å². The van der Waals surface area contributed by atoms with E-state index in [1.165, 1.54) is 17.2 Å². The maximum Gasteiger partial charge on any atom is 0.269 e. The average molecular weight is 335 g/mol. The van der Waals surface area contributed by atoms with Gasteiger partial charge in [0, 0.05) is 29.7 Å². The van der Waals surface area contributed by atoms with E-state index in [1.807, 2.05) is 19.1 Å². The predicted molar refractivity (Wildman–Crippen MR) is 82.5 cm³/mol. The van der Waals surface area contributed by atoms with Gasteiger partial charge < -0.3 is 5.32 Å². The van der Waals surface area contributed by atoms with Crippen molar-refractivity contribution in [1.29, 1.82) is 0 Å². The zero-order chi connectivity index (χ0) is 14.5. The fraction of sp³-hybridized carbons (Fsp3) is 0.200. The molecule has 0 bridgehead atoms. The molecular formula is C15H15BrN2O2. The Morgan fingerprint density at radius 2 is 1.85 bits per heavy atom. The molecular weight excluding hydrogens is 320 g/mol. The van der Waals surface area contributed by atoms with Gasteiger partial charge in [-0.15, -0.1) is 0 Å². The molecule has 2 aromatic carbocycles. The highest BCUT2D eigenvalue weighted by Gasteiger charge is 2.05. The second kappa shape index (κ2) is 6.63. The fourth-order valence-electron chi connectivity index (χ4n) is 1.95. The number of benzene rings is 2. The van der Waals surface area contributed by atoms with Gasteiger partial charge in [0.2, 0.25) is 0 Å². The van der Waals surface area contributed by atoms with Crippen LogP contribution in [0.15, 0.2) is 46.9 Å². The molecule has 2 aromatic rings. The standard InChI is InChI=1S/C15H15BrN2O2/c1-11-7-13(5-6-15(11)16)10-17-9-12-3-2-4-14(8-12)18(19)20/h2-8,17H,9-10H2,1H3. The minimum atomic E-state index is -0.373. The SMILES string of the molecule is Cc1cc(CNCc2cccc([N+](=O)[O-])c2)ccc1Br. The molecule has 1 N–H and O–H groups in total. The summed E-state index contributed by atoms with van der Waals surface area (Å²) in [6.07, 6.45) is 0. The van der Waals surface area contributed by atoms with Crippen LogP contribution in [0.2, 0.25) is 0 Å². The van der Waals surface area contributed by atoms with Crippen LogP contribution in [0, 0.1) is 17.0 Å². The zero-order valence-corrected chi connectivity index (χ0v) is 12.7. The van der Waals surface area contributed by atoms with Gasteiger partial charge in [-0.05, 0) is 29.7 Å². The third kappa shape index (κ3) is 3.88. The minimum Gasteiger partial charge on any atom is -0.309 e. The highest BCUT2D eigenvalue weighted by molar-refractivity contribution is 9.10. The van der Waals surface area contributed by atoms with Crippen molar-refractivity contribution in [2.45, 2.75) is 20.0 Å². The third-order valence-electron chi connectivity index (χ3n) is 3.00. The number of nitrogens with one attached hydrogen (secondary N) is 1. The number of nitrogens with zero attached hydrogens (tertiary/aromatic N) is 1. The van der Waals surface area contributed by atoms with Crippen molar-refractivity contribution in [2.75, 3.05) is 0 Å². The normalized spacial score (nSPS) is 10.5. The molecule has 0 aliphatic heterocycles. The van der Waals surface area contributed by atoms with E-state index in [9.17, 15) is 10.1 Å². The summed E-state index contributed by atoms with van der Waals surface area (Å²) in [5.41, 5.74) is 3.42. The highest BCUT2D eigenvalue weighted by Crippen LogP contribution is 2.17. The Kier molecular flexibility index (Phi) is 4.87. The molecule has 0 aromatic heterocycles. The summed E-state index contributed by atoms with van der Waals surface area (Å²) in [5, 5.41) is 14.0. The molecule has 104 valence electrons. The monoisotopic (exact) mass is 334 g/mol. The van der Waals surface area contributed by atoms with Crippen molar-refractivity contribution in [1.82, 2.24) is 5.32 Å². The first-order valence-corrected chi connectivity index (χ1v) is 7.04. The van der Waals surface area contributed by atoms with Gasteiger partial charge in [-0.3, -0.25) is 10.1 Å². The molecule has 0 aliphatic rings. The number of aryl methyl sites for hydroxylation is 1. The van der Waals surface area contributed by atoms with Crippen LogP contribution in [0.4, 0.5) is 5.69 Å². The maximum atomic E-state index is 10.7. The summed E-state index contributed by atoms with van der Waals surface area (Å²) < 4.78 is 1.10. The molecule has 0 fully saturated rings.